The number of unbranched alkanes of at least 4 members (excludes halogenated alkanes) is 3. The van der Waals surface area contributed by atoms with Gasteiger partial charge in [0.2, 0.25) is 11.7 Å². The molecule has 174 valence electrons. The standard InChI is InChI=1S/C23H25ClFN5O3/c1-2-3-5-12-29-21-17(14-18(24)26-21)22(31)30(23(29)32)13-6-4-7-19-27-20(28-33-19)15-8-10-16(25)11-9-15/h8-11H,2-7,12-14H2,1H3. The molecule has 0 saturated heterocycles. The van der Waals surface area contributed by atoms with Gasteiger partial charge in [-0.2, -0.15) is 4.98 Å². The maximum atomic E-state index is 13.1. The monoisotopic (exact) mass is 473 g/mol. The van der Waals surface area contributed by atoms with Gasteiger partial charge in [0.25, 0.3) is 5.56 Å². The van der Waals surface area contributed by atoms with Gasteiger partial charge in [0.15, 0.2) is 0 Å². The van der Waals surface area contributed by atoms with Crippen LogP contribution in [0.4, 0.5) is 10.2 Å². The van der Waals surface area contributed by atoms with Gasteiger partial charge in [0, 0.05) is 31.5 Å². The van der Waals surface area contributed by atoms with Crippen LogP contribution in [-0.4, -0.2) is 24.4 Å². The Morgan fingerprint density at radius 3 is 2.55 bits per heavy atom. The summed E-state index contributed by atoms with van der Waals surface area (Å²) in [5, 5.41) is 4.26. The first-order chi connectivity index (χ1) is 16.0. The molecule has 33 heavy (non-hydrogen) atoms. The van der Waals surface area contributed by atoms with Crippen molar-refractivity contribution in [3.8, 4) is 11.4 Å². The number of hydrogen-bond donors (Lipinski definition) is 0. The zero-order chi connectivity index (χ0) is 23.4. The van der Waals surface area contributed by atoms with Crippen molar-refractivity contribution in [3.05, 3.63) is 62.4 Å². The summed E-state index contributed by atoms with van der Waals surface area (Å²) in [6.07, 6.45) is 4.86. The van der Waals surface area contributed by atoms with Gasteiger partial charge >= 0.3 is 5.69 Å². The lowest BCUT2D eigenvalue weighted by Gasteiger charge is -2.14. The summed E-state index contributed by atoms with van der Waals surface area (Å²) in [6.45, 7) is 2.89. The molecular formula is C23H25ClFN5O3. The lowest BCUT2D eigenvalue weighted by molar-refractivity contribution is 0.372. The first-order valence-electron chi connectivity index (χ1n) is 11.2. The summed E-state index contributed by atoms with van der Waals surface area (Å²) in [6, 6.07) is 5.86. The van der Waals surface area contributed by atoms with Gasteiger partial charge in [0.05, 0.1) is 5.56 Å². The zero-order valence-electron chi connectivity index (χ0n) is 18.4. The summed E-state index contributed by atoms with van der Waals surface area (Å²) in [7, 11) is 0. The van der Waals surface area contributed by atoms with E-state index >= 15 is 0 Å². The highest BCUT2D eigenvalue weighted by atomic mass is 35.5. The topological polar surface area (TPSA) is 95.3 Å². The van der Waals surface area contributed by atoms with E-state index in [1.807, 2.05) is 0 Å². The van der Waals surface area contributed by atoms with Crippen molar-refractivity contribution >= 4 is 22.6 Å². The quantitative estimate of drug-likeness (QED) is 0.410. The Kier molecular flexibility index (Phi) is 7.17. The number of aromatic nitrogens is 4. The van der Waals surface area contributed by atoms with E-state index in [4.69, 9.17) is 16.1 Å². The summed E-state index contributed by atoms with van der Waals surface area (Å²) >= 11 is 6.08. The molecule has 8 nitrogen and oxygen atoms in total. The zero-order valence-corrected chi connectivity index (χ0v) is 19.1. The Labute approximate surface area is 194 Å². The molecule has 0 radical (unpaired) electrons. The summed E-state index contributed by atoms with van der Waals surface area (Å²) < 4.78 is 21.2. The number of aliphatic imine (C=N–C) groups is 1. The van der Waals surface area contributed by atoms with Crippen LogP contribution in [0.3, 0.4) is 0 Å². The number of aryl methyl sites for hydroxylation is 1. The van der Waals surface area contributed by atoms with E-state index in [0.29, 0.717) is 59.6 Å². The Morgan fingerprint density at radius 1 is 1.06 bits per heavy atom. The van der Waals surface area contributed by atoms with E-state index in [9.17, 15) is 14.0 Å². The van der Waals surface area contributed by atoms with Crippen molar-refractivity contribution in [2.24, 2.45) is 4.99 Å². The fourth-order valence-electron chi connectivity index (χ4n) is 3.86. The van der Waals surface area contributed by atoms with Crippen LogP contribution < -0.4 is 11.2 Å². The number of benzene rings is 1. The molecule has 4 rings (SSSR count). The first-order valence-corrected chi connectivity index (χ1v) is 11.5. The Morgan fingerprint density at radius 2 is 1.79 bits per heavy atom. The molecule has 3 heterocycles. The van der Waals surface area contributed by atoms with Crippen LogP contribution in [0.2, 0.25) is 0 Å². The van der Waals surface area contributed by atoms with Crippen molar-refractivity contribution in [3.63, 3.8) is 0 Å². The average molecular weight is 474 g/mol. The number of nitrogens with zero attached hydrogens (tertiary/aromatic N) is 5. The molecule has 0 atom stereocenters. The van der Waals surface area contributed by atoms with Gasteiger partial charge in [-0.1, -0.05) is 36.5 Å². The van der Waals surface area contributed by atoms with E-state index in [1.54, 1.807) is 16.7 Å². The molecule has 0 unspecified atom stereocenters. The maximum Gasteiger partial charge on any atom is 0.332 e. The van der Waals surface area contributed by atoms with Crippen LogP contribution in [0.1, 0.15) is 50.5 Å². The minimum atomic E-state index is -0.346. The second-order valence-electron chi connectivity index (χ2n) is 8.04. The Bertz CT molecular complexity index is 1280. The molecular weight excluding hydrogens is 449 g/mol. The van der Waals surface area contributed by atoms with E-state index in [2.05, 4.69) is 22.1 Å². The molecule has 0 spiro atoms. The second-order valence-corrected chi connectivity index (χ2v) is 8.48. The normalized spacial score (nSPS) is 12.8. The van der Waals surface area contributed by atoms with Gasteiger partial charge in [-0.3, -0.25) is 13.9 Å². The van der Waals surface area contributed by atoms with Crippen molar-refractivity contribution in [1.29, 1.82) is 0 Å². The highest BCUT2D eigenvalue weighted by Gasteiger charge is 2.24. The Hall–Kier alpha value is -3.07. The lowest BCUT2D eigenvalue weighted by Crippen LogP contribution is -2.41. The number of rotatable bonds is 10. The van der Waals surface area contributed by atoms with Crippen molar-refractivity contribution in [1.82, 2.24) is 19.3 Å². The highest BCUT2D eigenvalue weighted by molar-refractivity contribution is 6.66. The highest BCUT2D eigenvalue weighted by Crippen LogP contribution is 2.24. The van der Waals surface area contributed by atoms with E-state index in [-0.39, 0.29) is 30.0 Å². The molecule has 0 fully saturated rings. The van der Waals surface area contributed by atoms with Crippen LogP contribution in [0, 0.1) is 5.82 Å². The van der Waals surface area contributed by atoms with Crippen molar-refractivity contribution in [2.45, 2.75) is 65.0 Å². The van der Waals surface area contributed by atoms with Crippen LogP contribution in [0.25, 0.3) is 11.4 Å². The van der Waals surface area contributed by atoms with Gasteiger partial charge in [-0.05, 0) is 43.5 Å². The summed E-state index contributed by atoms with van der Waals surface area (Å²) in [5.74, 6) is 0.920. The molecule has 3 aromatic rings. The summed E-state index contributed by atoms with van der Waals surface area (Å²) in [5.41, 5.74) is 0.483. The van der Waals surface area contributed by atoms with E-state index < -0.39 is 0 Å². The molecule has 1 aliphatic heterocycles. The predicted octanol–water partition coefficient (Wildman–Crippen LogP) is 4.24. The van der Waals surface area contributed by atoms with Crippen LogP contribution in [0.15, 0.2) is 43.4 Å². The summed E-state index contributed by atoms with van der Waals surface area (Å²) in [4.78, 5) is 34.5. The lowest BCUT2D eigenvalue weighted by atomic mass is 10.2. The van der Waals surface area contributed by atoms with Gasteiger partial charge in [0.1, 0.15) is 16.8 Å². The third kappa shape index (κ3) is 5.13. The predicted molar refractivity (Wildman–Crippen MR) is 124 cm³/mol. The van der Waals surface area contributed by atoms with Gasteiger partial charge in [-0.25, -0.2) is 14.2 Å². The largest absolute Gasteiger partial charge is 0.339 e. The number of hydrogen-bond acceptors (Lipinski definition) is 6. The van der Waals surface area contributed by atoms with Gasteiger partial charge in [-0.15, -0.1) is 0 Å². The van der Waals surface area contributed by atoms with Gasteiger partial charge < -0.3 is 4.52 Å². The molecule has 1 aromatic carbocycles. The molecule has 0 N–H and O–H groups in total. The minimum absolute atomic E-state index is 0.262. The third-order valence-electron chi connectivity index (χ3n) is 5.62. The smallest absolute Gasteiger partial charge is 0.332 e. The molecule has 0 aliphatic carbocycles. The average Bonchev–Trinajstić information content (AvgIpc) is 3.43. The third-order valence-corrected chi connectivity index (χ3v) is 5.84. The number of fused-ring (bicyclic) bond motifs is 1. The van der Waals surface area contributed by atoms with E-state index in [0.717, 1.165) is 19.3 Å². The Balaban J connectivity index is 1.42. The van der Waals surface area contributed by atoms with Crippen molar-refractivity contribution < 1.29 is 8.91 Å². The fraction of sp³-hybridized carbons (Fsp3) is 0.435. The molecule has 10 heteroatoms. The fourth-order valence-corrected chi connectivity index (χ4v) is 4.08. The first kappa shape index (κ1) is 23.1. The molecule has 0 saturated carbocycles. The van der Waals surface area contributed by atoms with Crippen LogP contribution >= 0.6 is 11.6 Å². The van der Waals surface area contributed by atoms with E-state index in [1.165, 1.54) is 16.7 Å². The number of halogens is 2. The molecule has 0 amide bonds. The molecule has 1 aliphatic rings. The van der Waals surface area contributed by atoms with Crippen LogP contribution in [0.5, 0.6) is 0 Å². The minimum Gasteiger partial charge on any atom is -0.339 e. The SMILES string of the molecule is CCCCCn1c2c(c(=O)n(CCCCc3nc(-c4ccc(F)cc4)no3)c1=O)CC(Cl)=N2. The van der Waals surface area contributed by atoms with Crippen molar-refractivity contribution in [2.75, 3.05) is 0 Å². The maximum absolute atomic E-state index is 13.1. The second kappa shape index (κ2) is 10.2. The molecule has 0 bridgehead atoms. The van der Waals surface area contributed by atoms with Crippen LogP contribution in [-0.2, 0) is 25.9 Å². The molecule has 2 aromatic heterocycles.